The third kappa shape index (κ3) is 2.29. The maximum absolute atomic E-state index is 13.5. The largest absolute Gasteiger partial charge is 0.464 e. The predicted octanol–water partition coefficient (Wildman–Crippen LogP) is 2.28. The minimum atomic E-state index is -0.532. The maximum atomic E-state index is 13.5. The number of esters is 1. The molecule has 1 aliphatic heterocycles. The number of halogens is 1. The van der Waals surface area contributed by atoms with E-state index in [0.717, 1.165) is 17.7 Å². The van der Waals surface area contributed by atoms with Gasteiger partial charge >= 0.3 is 5.97 Å². The molecule has 2 N–H and O–H groups in total. The van der Waals surface area contributed by atoms with Crippen molar-refractivity contribution in [1.29, 1.82) is 0 Å². The molecule has 21 heavy (non-hydrogen) atoms. The van der Waals surface area contributed by atoms with Gasteiger partial charge in [-0.25, -0.2) is 14.2 Å². The smallest absolute Gasteiger partial charge is 0.356 e. The van der Waals surface area contributed by atoms with Gasteiger partial charge in [-0.15, -0.1) is 0 Å². The molecule has 0 saturated heterocycles. The lowest BCUT2D eigenvalue weighted by atomic mass is 10.2. The summed E-state index contributed by atoms with van der Waals surface area (Å²) in [7, 11) is 1.29. The van der Waals surface area contributed by atoms with Crippen LogP contribution < -0.4 is 10.6 Å². The van der Waals surface area contributed by atoms with E-state index in [1.165, 1.54) is 25.3 Å². The number of pyridine rings is 1. The highest BCUT2D eigenvalue weighted by molar-refractivity contribution is 5.89. The van der Waals surface area contributed by atoms with Crippen LogP contribution in [0.25, 0.3) is 0 Å². The minimum Gasteiger partial charge on any atom is -0.464 e. The van der Waals surface area contributed by atoms with E-state index >= 15 is 0 Å². The van der Waals surface area contributed by atoms with Crippen LogP contribution >= 0.6 is 0 Å². The van der Waals surface area contributed by atoms with Gasteiger partial charge in [0.1, 0.15) is 5.82 Å². The lowest BCUT2D eigenvalue weighted by Crippen LogP contribution is -2.18. The summed E-state index contributed by atoms with van der Waals surface area (Å²) >= 11 is 0. The van der Waals surface area contributed by atoms with Gasteiger partial charge in [0.15, 0.2) is 11.5 Å². The lowest BCUT2D eigenvalue weighted by molar-refractivity contribution is 0.0594. The molecular weight excluding hydrogens is 273 g/mol. The molecule has 5 nitrogen and oxygen atoms in total. The van der Waals surface area contributed by atoms with Crippen LogP contribution in [0.1, 0.15) is 16.1 Å². The second-order valence-electron chi connectivity index (χ2n) is 4.78. The number of hydrogen-bond acceptors (Lipinski definition) is 5. The van der Waals surface area contributed by atoms with Gasteiger partial charge in [0, 0.05) is 12.2 Å². The number of aromatic nitrogens is 1. The van der Waals surface area contributed by atoms with Crippen LogP contribution in [-0.2, 0) is 11.2 Å². The Balaban J connectivity index is 2.06. The Kier molecular flexibility index (Phi) is 3.21. The number of anilines is 3. The van der Waals surface area contributed by atoms with E-state index in [1.54, 1.807) is 12.1 Å². The molecule has 0 saturated carbocycles. The topological polar surface area (TPSA) is 68.5 Å². The Bertz CT molecular complexity index is 718. The van der Waals surface area contributed by atoms with Crippen molar-refractivity contribution in [3.63, 3.8) is 0 Å². The highest BCUT2D eigenvalue weighted by atomic mass is 19.1. The van der Waals surface area contributed by atoms with Crippen molar-refractivity contribution in [3.8, 4) is 0 Å². The quantitative estimate of drug-likeness (QED) is 0.858. The number of nitrogens with two attached hydrogens (primary N) is 1. The van der Waals surface area contributed by atoms with Crippen molar-refractivity contribution < 1.29 is 13.9 Å². The van der Waals surface area contributed by atoms with Crippen LogP contribution in [0.2, 0.25) is 0 Å². The zero-order valence-corrected chi connectivity index (χ0v) is 11.5. The van der Waals surface area contributed by atoms with Crippen molar-refractivity contribution in [2.45, 2.75) is 6.42 Å². The molecule has 0 fully saturated rings. The fourth-order valence-electron chi connectivity index (χ4n) is 2.47. The highest BCUT2D eigenvalue weighted by Gasteiger charge is 2.24. The molecule has 108 valence electrons. The van der Waals surface area contributed by atoms with Gasteiger partial charge in [-0.1, -0.05) is 6.07 Å². The van der Waals surface area contributed by atoms with Crippen LogP contribution in [0.4, 0.5) is 21.6 Å². The van der Waals surface area contributed by atoms with Gasteiger partial charge < -0.3 is 15.4 Å². The number of carbonyl (C=O) groups excluding carboxylic acids is 1. The summed E-state index contributed by atoms with van der Waals surface area (Å²) in [6.07, 6.45) is 0.777. The van der Waals surface area contributed by atoms with E-state index in [-0.39, 0.29) is 11.5 Å². The first kappa shape index (κ1) is 13.4. The normalized spacial score (nSPS) is 13.1. The number of methoxy groups -OCH3 is 1. The van der Waals surface area contributed by atoms with Crippen LogP contribution in [0.15, 0.2) is 30.3 Å². The maximum Gasteiger partial charge on any atom is 0.356 e. The van der Waals surface area contributed by atoms with Gasteiger partial charge in [0.25, 0.3) is 0 Å². The summed E-state index contributed by atoms with van der Waals surface area (Å²) in [6.45, 7) is 0.639. The van der Waals surface area contributed by atoms with Crippen molar-refractivity contribution in [2.24, 2.45) is 0 Å². The Morgan fingerprint density at radius 3 is 2.95 bits per heavy atom. The first-order valence-electron chi connectivity index (χ1n) is 6.51. The molecule has 1 aromatic heterocycles. The lowest BCUT2D eigenvalue weighted by Gasteiger charge is -2.20. The van der Waals surface area contributed by atoms with Crippen molar-refractivity contribution >= 4 is 23.2 Å². The SMILES string of the molecule is COC(=O)c1ccc(N)c(N2CCc3ccc(F)cc32)n1. The molecule has 2 aromatic rings. The molecule has 0 radical (unpaired) electrons. The second-order valence-corrected chi connectivity index (χ2v) is 4.78. The van der Waals surface area contributed by atoms with Gasteiger partial charge in [-0.2, -0.15) is 0 Å². The van der Waals surface area contributed by atoms with E-state index < -0.39 is 5.97 Å². The zero-order valence-electron chi connectivity index (χ0n) is 11.5. The Labute approximate surface area is 121 Å². The average Bonchev–Trinajstić information content (AvgIpc) is 2.90. The van der Waals surface area contributed by atoms with Crippen LogP contribution in [0.3, 0.4) is 0 Å². The van der Waals surface area contributed by atoms with Crippen LogP contribution in [-0.4, -0.2) is 24.6 Å². The number of carbonyl (C=O) groups is 1. The number of nitrogens with zero attached hydrogens (tertiary/aromatic N) is 2. The second kappa shape index (κ2) is 5.05. The van der Waals surface area contributed by atoms with Crippen molar-refractivity contribution in [2.75, 3.05) is 24.3 Å². The number of rotatable bonds is 2. The summed E-state index contributed by atoms with van der Waals surface area (Å²) in [5.74, 6) is -0.402. The minimum absolute atomic E-state index is 0.173. The van der Waals surface area contributed by atoms with Crippen molar-refractivity contribution in [1.82, 2.24) is 4.98 Å². The molecule has 0 amide bonds. The van der Waals surface area contributed by atoms with E-state index in [2.05, 4.69) is 9.72 Å². The first-order valence-corrected chi connectivity index (χ1v) is 6.51. The molecule has 1 aromatic carbocycles. The number of benzene rings is 1. The molecular formula is C15H14FN3O2. The standard InChI is InChI=1S/C15H14FN3O2/c1-21-15(20)12-5-4-11(17)14(18-12)19-7-6-9-2-3-10(16)8-13(9)19/h2-5,8H,6-7,17H2,1H3. The third-order valence-corrected chi connectivity index (χ3v) is 3.50. The number of ether oxygens (including phenoxy) is 1. The van der Waals surface area contributed by atoms with E-state index in [0.29, 0.717) is 18.1 Å². The molecule has 6 heteroatoms. The summed E-state index contributed by atoms with van der Waals surface area (Å²) in [4.78, 5) is 17.7. The fraction of sp³-hybridized carbons (Fsp3) is 0.200. The first-order chi connectivity index (χ1) is 10.1. The molecule has 0 unspecified atom stereocenters. The number of hydrogen-bond donors (Lipinski definition) is 1. The fourth-order valence-corrected chi connectivity index (χ4v) is 2.47. The van der Waals surface area contributed by atoms with E-state index in [1.807, 2.05) is 4.90 Å². The Morgan fingerprint density at radius 2 is 2.19 bits per heavy atom. The van der Waals surface area contributed by atoms with Gasteiger partial charge in [-0.05, 0) is 36.2 Å². The summed E-state index contributed by atoms with van der Waals surface area (Å²) in [5, 5.41) is 0. The molecule has 0 atom stereocenters. The third-order valence-electron chi connectivity index (χ3n) is 3.50. The van der Waals surface area contributed by atoms with Gasteiger partial charge in [-0.3, -0.25) is 0 Å². The number of fused-ring (bicyclic) bond motifs is 1. The Morgan fingerprint density at radius 1 is 1.38 bits per heavy atom. The Hall–Kier alpha value is -2.63. The molecule has 0 spiro atoms. The molecule has 3 rings (SSSR count). The molecule has 1 aliphatic rings. The molecule has 0 aliphatic carbocycles. The summed E-state index contributed by atoms with van der Waals surface area (Å²) in [6, 6.07) is 7.75. The van der Waals surface area contributed by atoms with Crippen LogP contribution in [0.5, 0.6) is 0 Å². The number of nitrogen functional groups attached to an aromatic ring is 1. The van der Waals surface area contributed by atoms with Gasteiger partial charge in [0.05, 0.1) is 12.8 Å². The molecule has 0 bridgehead atoms. The van der Waals surface area contributed by atoms with Gasteiger partial charge in [0.2, 0.25) is 0 Å². The highest BCUT2D eigenvalue weighted by Crippen LogP contribution is 2.36. The summed E-state index contributed by atoms with van der Waals surface area (Å²) in [5.41, 5.74) is 8.32. The average molecular weight is 287 g/mol. The predicted molar refractivity (Wildman–Crippen MR) is 77.1 cm³/mol. The van der Waals surface area contributed by atoms with E-state index in [4.69, 9.17) is 5.73 Å². The summed E-state index contributed by atoms with van der Waals surface area (Å²) < 4.78 is 18.1. The van der Waals surface area contributed by atoms with Crippen LogP contribution in [0, 0.1) is 5.82 Å². The van der Waals surface area contributed by atoms with E-state index in [9.17, 15) is 9.18 Å². The molecule has 2 heterocycles. The van der Waals surface area contributed by atoms with Crippen molar-refractivity contribution in [3.05, 3.63) is 47.4 Å². The monoisotopic (exact) mass is 287 g/mol. The zero-order chi connectivity index (χ0) is 15.0.